The number of hydrogen-bond donors (Lipinski definition) is 1. The zero-order valence-electron chi connectivity index (χ0n) is 9.18. The molecule has 1 atom stereocenters. The van der Waals surface area contributed by atoms with Gasteiger partial charge in [0.2, 0.25) is 0 Å². The molecule has 0 saturated carbocycles. The first-order chi connectivity index (χ1) is 7.77. The van der Waals surface area contributed by atoms with Crippen LogP contribution < -0.4 is 0 Å². The Hall–Kier alpha value is -1.11. The molecule has 0 saturated heterocycles. The lowest BCUT2D eigenvalue weighted by molar-refractivity contribution is -0.150. The number of sulfone groups is 1. The summed E-state index contributed by atoms with van der Waals surface area (Å²) >= 11 is 5.76. The number of carbonyl (C=O) groups excluding carboxylic acids is 1. The van der Waals surface area contributed by atoms with Gasteiger partial charge in [-0.25, -0.2) is 13.2 Å². The molecule has 0 heterocycles. The first kappa shape index (κ1) is 14.0. The highest BCUT2D eigenvalue weighted by atomic mass is 35.5. The summed E-state index contributed by atoms with van der Waals surface area (Å²) in [5.74, 6) is -0.840. The van der Waals surface area contributed by atoms with Gasteiger partial charge >= 0.3 is 5.97 Å². The van der Waals surface area contributed by atoms with Crippen LogP contribution in [-0.4, -0.2) is 32.9 Å². The van der Waals surface area contributed by atoms with E-state index in [1.54, 1.807) is 0 Å². The van der Waals surface area contributed by atoms with Crippen LogP contribution in [0.5, 0.6) is 0 Å². The summed E-state index contributed by atoms with van der Waals surface area (Å²) in [7, 11) is -2.29. The number of halogens is 1. The monoisotopic (exact) mass is 278 g/mol. The van der Waals surface area contributed by atoms with Gasteiger partial charge in [0.15, 0.2) is 15.9 Å². The Morgan fingerprint density at radius 3 is 2.47 bits per heavy atom. The highest BCUT2D eigenvalue weighted by molar-refractivity contribution is 7.90. The lowest BCUT2D eigenvalue weighted by atomic mass is 10.1. The van der Waals surface area contributed by atoms with Gasteiger partial charge in [-0.15, -0.1) is 0 Å². The van der Waals surface area contributed by atoms with E-state index in [0.717, 1.165) is 13.4 Å². The fourth-order valence-corrected chi connectivity index (χ4v) is 2.57. The predicted octanol–water partition coefficient (Wildman–Crippen LogP) is 0.950. The smallest absolute Gasteiger partial charge is 0.339 e. The summed E-state index contributed by atoms with van der Waals surface area (Å²) < 4.78 is 26.9. The molecule has 0 amide bonds. The molecule has 0 spiro atoms. The van der Waals surface area contributed by atoms with Crippen molar-refractivity contribution in [3.63, 3.8) is 0 Å². The minimum absolute atomic E-state index is 0.0482. The van der Waals surface area contributed by atoms with Crippen LogP contribution in [0.4, 0.5) is 0 Å². The number of ether oxygens (including phenoxy) is 1. The van der Waals surface area contributed by atoms with Crippen LogP contribution in [0.2, 0.25) is 5.02 Å². The topological polar surface area (TPSA) is 80.7 Å². The molecule has 7 heteroatoms. The van der Waals surface area contributed by atoms with Gasteiger partial charge in [-0.05, 0) is 17.7 Å². The molecular formula is C10H11ClO5S. The largest absolute Gasteiger partial charge is 0.467 e. The molecule has 94 valence electrons. The van der Waals surface area contributed by atoms with Crippen LogP contribution >= 0.6 is 11.6 Å². The van der Waals surface area contributed by atoms with Gasteiger partial charge in [-0.2, -0.15) is 0 Å². The van der Waals surface area contributed by atoms with Gasteiger partial charge in [0, 0.05) is 6.26 Å². The van der Waals surface area contributed by atoms with Crippen LogP contribution in [0.3, 0.4) is 0 Å². The SMILES string of the molecule is COC(=O)C(O)c1ccc(S(C)(=O)=O)c(Cl)c1. The van der Waals surface area contributed by atoms with Crippen molar-refractivity contribution in [2.45, 2.75) is 11.0 Å². The number of esters is 1. The lowest BCUT2D eigenvalue weighted by Gasteiger charge is -2.10. The third-order valence-corrected chi connectivity index (χ3v) is 3.68. The average Bonchev–Trinajstić information content (AvgIpc) is 2.25. The van der Waals surface area contributed by atoms with E-state index in [1.165, 1.54) is 18.2 Å². The van der Waals surface area contributed by atoms with Crippen molar-refractivity contribution in [2.24, 2.45) is 0 Å². The van der Waals surface area contributed by atoms with Crippen molar-refractivity contribution >= 4 is 27.4 Å². The molecule has 1 rings (SSSR count). The van der Waals surface area contributed by atoms with Crippen molar-refractivity contribution in [2.75, 3.05) is 13.4 Å². The molecule has 1 aromatic carbocycles. The average molecular weight is 279 g/mol. The molecule has 17 heavy (non-hydrogen) atoms. The normalized spacial score (nSPS) is 13.2. The number of hydrogen-bond acceptors (Lipinski definition) is 5. The molecule has 0 aliphatic carbocycles. The molecule has 5 nitrogen and oxygen atoms in total. The maximum atomic E-state index is 11.3. The Balaban J connectivity index is 3.18. The molecule has 1 N–H and O–H groups in total. The van der Waals surface area contributed by atoms with Crippen LogP contribution in [-0.2, 0) is 19.4 Å². The number of aliphatic hydroxyl groups is 1. The fourth-order valence-electron chi connectivity index (χ4n) is 1.24. The second-order valence-corrected chi connectivity index (χ2v) is 5.78. The Bertz CT molecular complexity index is 538. The lowest BCUT2D eigenvalue weighted by Crippen LogP contribution is -2.13. The number of rotatable bonds is 3. The maximum Gasteiger partial charge on any atom is 0.339 e. The van der Waals surface area contributed by atoms with E-state index in [0.29, 0.717) is 0 Å². The number of carbonyl (C=O) groups is 1. The Labute approximate surface area is 104 Å². The third kappa shape index (κ3) is 3.18. The Morgan fingerprint density at radius 1 is 1.47 bits per heavy atom. The molecule has 0 aliphatic heterocycles. The maximum absolute atomic E-state index is 11.3. The van der Waals surface area contributed by atoms with Crippen molar-refractivity contribution < 1.29 is 23.1 Å². The quantitative estimate of drug-likeness (QED) is 0.833. The molecule has 0 aliphatic rings. The first-order valence-electron chi connectivity index (χ1n) is 4.52. The zero-order valence-corrected chi connectivity index (χ0v) is 10.7. The van der Waals surface area contributed by atoms with Crippen LogP contribution in [0, 0.1) is 0 Å². The summed E-state index contributed by atoms with van der Waals surface area (Å²) in [4.78, 5) is 11.0. The summed E-state index contributed by atoms with van der Waals surface area (Å²) in [6, 6.07) is 3.77. The second kappa shape index (κ2) is 5.03. The van der Waals surface area contributed by atoms with Crippen molar-refractivity contribution in [1.29, 1.82) is 0 Å². The minimum Gasteiger partial charge on any atom is -0.467 e. The zero-order chi connectivity index (χ0) is 13.2. The van der Waals surface area contributed by atoms with Crippen molar-refractivity contribution in [1.82, 2.24) is 0 Å². The van der Waals surface area contributed by atoms with Gasteiger partial charge in [0.05, 0.1) is 17.0 Å². The summed E-state index contributed by atoms with van der Waals surface area (Å²) in [6.07, 6.45) is -0.462. The highest BCUT2D eigenvalue weighted by Gasteiger charge is 2.20. The van der Waals surface area contributed by atoms with Gasteiger partial charge in [-0.3, -0.25) is 0 Å². The van der Waals surface area contributed by atoms with Gasteiger partial charge in [-0.1, -0.05) is 17.7 Å². The van der Waals surface area contributed by atoms with E-state index in [4.69, 9.17) is 11.6 Å². The van der Waals surface area contributed by atoms with E-state index in [-0.39, 0.29) is 15.5 Å². The molecule has 0 aromatic heterocycles. The molecule has 0 radical (unpaired) electrons. The molecule has 0 bridgehead atoms. The molecule has 1 unspecified atom stereocenters. The van der Waals surface area contributed by atoms with Gasteiger partial charge in [0.1, 0.15) is 0 Å². The summed E-state index contributed by atoms with van der Waals surface area (Å²) in [6.45, 7) is 0. The van der Waals surface area contributed by atoms with Crippen LogP contribution in [0.25, 0.3) is 0 Å². The Kier molecular flexibility index (Phi) is 4.13. The number of methoxy groups -OCH3 is 1. The van der Waals surface area contributed by atoms with E-state index in [1.807, 2.05) is 0 Å². The summed E-state index contributed by atoms with van der Waals surface area (Å²) in [5, 5.41) is 9.48. The van der Waals surface area contributed by atoms with E-state index in [2.05, 4.69) is 4.74 Å². The summed E-state index contributed by atoms with van der Waals surface area (Å²) in [5.41, 5.74) is 0.175. The number of aliphatic hydroxyl groups excluding tert-OH is 1. The molecule has 1 aromatic rings. The van der Waals surface area contributed by atoms with E-state index in [9.17, 15) is 18.3 Å². The molecule has 0 fully saturated rings. The van der Waals surface area contributed by atoms with Crippen molar-refractivity contribution in [3.8, 4) is 0 Å². The van der Waals surface area contributed by atoms with E-state index >= 15 is 0 Å². The van der Waals surface area contributed by atoms with Gasteiger partial charge < -0.3 is 9.84 Å². The van der Waals surface area contributed by atoms with Crippen molar-refractivity contribution in [3.05, 3.63) is 28.8 Å². The second-order valence-electron chi connectivity index (χ2n) is 3.39. The van der Waals surface area contributed by atoms with E-state index < -0.39 is 21.9 Å². The fraction of sp³-hybridized carbons (Fsp3) is 0.300. The standard InChI is InChI=1S/C10H11ClO5S/c1-16-10(13)9(12)6-3-4-8(7(11)5-6)17(2,14)15/h3-5,9,12H,1-2H3. The highest BCUT2D eigenvalue weighted by Crippen LogP contribution is 2.25. The predicted molar refractivity (Wildman–Crippen MR) is 61.5 cm³/mol. The van der Waals surface area contributed by atoms with Crippen LogP contribution in [0.1, 0.15) is 11.7 Å². The third-order valence-electron chi connectivity index (χ3n) is 2.10. The van der Waals surface area contributed by atoms with Crippen LogP contribution in [0.15, 0.2) is 23.1 Å². The Morgan fingerprint density at radius 2 is 2.06 bits per heavy atom. The van der Waals surface area contributed by atoms with Gasteiger partial charge in [0.25, 0.3) is 0 Å². The minimum atomic E-state index is -3.43. The molecular weight excluding hydrogens is 268 g/mol. The first-order valence-corrected chi connectivity index (χ1v) is 6.79. The number of benzene rings is 1.